The summed E-state index contributed by atoms with van der Waals surface area (Å²) in [5, 5.41) is 3.95. The Balaban J connectivity index is 1.46. The van der Waals surface area contributed by atoms with Gasteiger partial charge < -0.3 is 19.7 Å². The molecule has 4 heterocycles. The van der Waals surface area contributed by atoms with E-state index >= 15 is 0 Å². The molecule has 2 aliphatic rings. The monoisotopic (exact) mass is 416 g/mol. The first-order valence-electron chi connectivity index (χ1n) is 9.81. The average Bonchev–Trinajstić information content (AvgIpc) is 2.86. The van der Waals surface area contributed by atoms with Gasteiger partial charge in [-0.15, -0.1) is 0 Å². The summed E-state index contributed by atoms with van der Waals surface area (Å²) in [5.74, 6) is 1.65. The summed E-state index contributed by atoms with van der Waals surface area (Å²) >= 11 is 6.27. The van der Waals surface area contributed by atoms with Crippen molar-refractivity contribution in [3.8, 4) is 5.75 Å². The van der Waals surface area contributed by atoms with E-state index in [4.69, 9.17) is 21.1 Å². The molecule has 1 saturated heterocycles. The smallest absolute Gasteiger partial charge is 0.410 e. The van der Waals surface area contributed by atoms with Crippen LogP contribution in [0, 0.1) is 0 Å². The number of piperidine rings is 1. The molecule has 0 unspecified atom stereocenters. The molecule has 0 spiro atoms. The van der Waals surface area contributed by atoms with Gasteiger partial charge in [0, 0.05) is 30.9 Å². The van der Waals surface area contributed by atoms with Crippen LogP contribution in [0.1, 0.15) is 50.8 Å². The number of pyridine rings is 2. The molecular formula is C21H25ClN4O3. The number of aromatic nitrogens is 2. The molecule has 1 fully saturated rings. The van der Waals surface area contributed by atoms with Crippen molar-refractivity contribution in [3.05, 3.63) is 40.8 Å². The highest BCUT2D eigenvalue weighted by atomic mass is 35.5. The maximum Gasteiger partial charge on any atom is 0.410 e. The quantitative estimate of drug-likeness (QED) is 0.713. The molecule has 2 aromatic heterocycles. The standard InChI is InChI=1S/C21H25ClN4O3/c1-21(2,3)29-20(27)26-8-5-13(6-9-26)16-10-17-18(11-24-16)28-12-14-15(22)4-7-23-19(14)25-17/h4,7,10-11,13H,5-6,8-9,12H2,1-3H3,(H,23,25). The summed E-state index contributed by atoms with van der Waals surface area (Å²) in [6, 6.07) is 3.77. The zero-order valence-electron chi connectivity index (χ0n) is 16.9. The molecule has 2 aliphatic heterocycles. The van der Waals surface area contributed by atoms with Crippen molar-refractivity contribution < 1.29 is 14.3 Å². The molecule has 0 aromatic carbocycles. The minimum absolute atomic E-state index is 0.250. The Bertz CT molecular complexity index is 921. The average molecular weight is 417 g/mol. The van der Waals surface area contributed by atoms with Crippen LogP contribution in [0.5, 0.6) is 5.75 Å². The molecule has 1 N–H and O–H groups in total. The van der Waals surface area contributed by atoms with Crippen LogP contribution in [-0.4, -0.2) is 39.7 Å². The van der Waals surface area contributed by atoms with Crippen molar-refractivity contribution in [1.29, 1.82) is 0 Å². The third-order valence-electron chi connectivity index (χ3n) is 5.08. The first-order chi connectivity index (χ1) is 13.8. The predicted molar refractivity (Wildman–Crippen MR) is 111 cm³/mol. The summed E-state index contributed by atoms with van der Waals surface area (Å²) in [6.07, 6.45) is 4.85. The Kier molecular flexibility index (Phi) is 5.25. The summed E-state index contributed by atoms with van der Waals surface area (Å²) in [6.45, 7) is 7.30. The van der Waals surface area contributed by atoms with Crippen LogP contribution in [0.15, 0.2) is 24.5 Å². The van der Waals surface area contributed by atoms with Gasteiger partial charge in [-0.1, -0.05) is 11.6 Å². The molecule has 29 heavy (non-hydrogen) atoms. The molecule has 0 aliphatic carbocycles. The number of amides is 1. The second-order valence-electron chi connectivity index (χ2n) is 8.38. The molecular weight excluding hydrogens is 392 g/mol. The highest BCUT2D eigenvalue weighted by Gasteiger charge is 2.29. The van der Waals surface area contributed by atoms with Crippen LogP contribution >= 0.6 is 11.6 Å². The van der Waals surface area contributed by atoms with Crippen molar-refractivity contribution in [2.24, 2.45) is 0 Å². The molecule has 154 valence electrons. The van der Waals surface area contributed by atoms with E-state index in [0.717, 1.165) is 29.8 Å². The zero-order chi connectivity index (χ0) is 20.6. The van der Waals surface area contributed by atoms with Crippen LogP contribution in [0.25, 0.3) is 0 Å². The van der Waals surface area contributed by atoms with Gasteiger partial charge in [-0.2, -0.15) is 0 Å². The van der Waals surface area contributed by atoms with Gasteiger partial charge in [0.2, 0.25) is 0 Å². The number of hydrogen-bond donors (Lipinski definition) is 1. The molecule has 7 nitrogen and oxygen atoms in total. The molecule has 0 atom stereocenters. The van der Waals surface area contributed by atoms with Gasteiger partial charge in [0.25, 0.3) is 0 Å². The Labute approximate surface area is 175 Å². The molecule has 1 amide bonds. The highest BCUT2D eigenvalue weighted by molar-refractivity contribution is 6.31. The number of likely N-dealkylation sites (tertiary alicyclic amines) is 1. The van der Waals surface area contributed by atoms with Crippen LogP contribution in [0.3, 0.4) is 0 Å². The first kappa shape index (κ1) is 19.8. The molecule has 4 rings (SSSR count). The summed E-state index contributed by atoms with van der Waals surface area (Å²) in [7, 11) is 0. The summed E-state index contributed by atoms with van der Waals surface area (Å²) < 4.78 is 11.4. The molecule has 2 aromatic rings. The van der Waals surface area contributed by atoms with Gasteiger partial charge in [-0.05, 0) is 45.7 Å². The van der Waals surface area contributed by atoms with Gasteiger partial charge in [0.05, 0.1) is 22.5 Å². The Morgan fingerprint density at radius 1 is 1.31 bits per heavy atom. The van der Waals surface area contributed by atoms with E-state index in [-0.39, 0.29) is 12.0 Å². The number of rotatable bonds is 1. The van der Waals surface area contributed by atoms with Crippen molar-refractivity contribution in [2.45, 2.75) is 51.7 Å². The maximum atomic E-state index is 12.3. The fourth-order valence-corrected chi connectivity index (χ4v) is 3.77. The maximum absolute atomic E-state index is 12.3. The lowest BCUT2D eigenvalue weighted by atomic mass is 9.93. The predicted octanol–water partition coefficient (Wildman–Crippen LogP) is 4.88. The van der Waals surface area contributed by atoms with Crippen molar-refractivity contribution in [2.75, 3.05) is 18.4 Å². The SMILES string of the molecule is CC(C)(C)OC(=O)N1CCC(c2cc3c(cn2)OCc2c(Cl)ccnc2N3)CC1. The highest BCUT2D eigenvalue weighted by Crippen LogP contribution is 2.37. The number of anilines is 2. The lowest BCUT2D eigenvalue weighted by Gasteiger charge is -2.33. The number of carbonyl (C=O) groups excluding carboxylic acids is 1. The molecule has 0 saturated carbocycles. The minimum Gasteiger partial charge on any atom is -0.485 e. The Hall–Kier alpha value is -2.54. The Morgan fingerprint density at radius 2 is 2.07 bits per heavy atom. The number of fused-ring (bicyclic) bond motifs is 2. The molecule has 8 heteroatoms. The van der Waals surface area contributed by atoms with Crippen LogP contribution < -0.4 is 10.1 Å². The van der Waals surface area contributed by atoms with E-state index in [0.29, 0.717) is 36.3 Å². The number of carbonyl (C=O) groups is 1. The number of hydrogen-bond acceptors (Lipinski definition) is 6. The fourth-order valence-electron chi connectivity index (χ4n) is 3.57. The third kappa shape index (κ3) is 4.40. The van der Waals surface area contributed by atoms with Gasteiger partial charge in [-0.3, -0.25) is 4.98 Å². The summed E-state index contributed by atoms with van der Waals surface area (Å²) in [5.41, 5.74) is 2.16. The van der Waals surface area contributed by atoms with E-state index in [1.165, 1.54) is 0 Å². The normalized spacial score (nSPS) is 16.8. The first-order valence-corrected chi connectivity index (χ1v) is 10.2. The van der Waals surface area contributed by atoms with Crippen molar-refractivity contribution in [3.63, 3.8) is 0 Å². The lowest BCUT2D eigenvalue weighted by Crippen LogP contribution is -2.41. The number of halogens is 1. The summed E-state index contributed by atoms with van der Waals surface area (Å²) in [4.78, 5) is 23.1. The van der Waals surface area contributed by atoms with Crippen LogP contribution in [0.2, 0.25) is 5.02 Å². The largest absolute Gasteiger partial charge is 0.485 e. The van der Waals surface area contributed by atoms with Crippen LogP contribution in [-0.2, 0) is 11.3 Å². The van der Waals surface area contributed by atoms with Crippen molar-refractivity contribution >= 4 is 29.2 Å². The molecule has 0 bridgehead atoms. The van der Waals surface area contributed by atoms with E-state index in [9.17, 15) is 4.79 Å². The van der Waals surface area contributed by atoms with Crippen molar-refractivity contribution in [1.82, 2.24) is 14.9 Å². The number of nitrogens with one attached hydrogen (secondary N) is 1. The molecule has 0 radical (unpaired) electrons. The van der Waals surface area contributed by atoms with Crippen LogP contribution in [0.4, 0.5) is 16.3 Å². The topological polar surface area (TPSA) is 76.6 Å². The van der Waals surface area contributed by atoms with E-state index < -0.39 is 5.60 Å². The third-order valence-corrected chi connectivity index (χ3v) is 5.43. The van der Waals surface area contributed by atoms with E-state index in [1.54, 1.807) is 23.4 Å². The Morgan fingerprint density at radius 3 is 2.79 bits per heavy atom. The number of nitrogens with zero attached hydrogens (tertiary/aromatic N) is 3. The zero-order valence-corrected chi connectivity index (χ0v) is 17.6. The minimum atomic E-state index is -0.481. The number of ether oxygens (including phenoxy) is 2. The fraction of sp³-hybridized carbons (Fsp3) is 0.476. The van der Waals surface area contributed by atoms with Gasteiger partial charge in [0.15, 0.2) is 5.75 Å². The van der Waals surface area contributed by atoms with E-state index in [1.807, 2.05) is 26.8 Å². The second-order valence-corrected chi connectivity index (χ2v) is 8.79. The van der Waals surface area contributed by atoms with Gasteiger partial charge in [0.1, 0.15) is 18.0 Å². The van der Waals surface area contributed by atoms with Gasteiger partial charge >= 0.3 is 6.09 Å². The lowest BCUT2D eigenvalue weighted by molar-refractivity contribution is 0.0204. The van der Waals surface area contributed by atoms with E-state index in [2.05, 4.69) is 15.3 Å². The van der Waals surface area contributed by atoms with Gasteiger partial charge in [-0.25, -0.2) is 9.78 Å². The second kappa shape index (κ2) is 7.71.